The maximum Gasteiger partial charge on any atom is 0.150 e. The van der Waals surface area contributed by atoms with Crippen LogP contribution < -0.4 is 5.73 Å². The Kier molecular flexibility index (Phi) is 5.89. The van der Waals surface area contributed by atoms with E-state index in [4.69, 9.17) is 5.73 Å². The molecule has 102 valence electrons. The first-order valence-electron chi connectivity index (χ1n) is 6.66. The zero-order chi connectivity index (χ0) is 12.9. The molecule has 17 heavy (non-hydrogen) atoms. The van der Waals surface area contributed by atoms with E-state index >= 15 is 0 Å². The zero-order valence-electron chi connectivity index (χ0n) is 11.1. The van der Waals surface area contributed by atoms with Gasteiger partial charge in [0, 0.05) is 18.3 Å². The lowest BCUT2D eigenvalue weighted by atomic mass is 9.91. The Labute approximate surface area is 105 Å². The van der Waals surface area contributed by atoms with Gasteiger partial charge in [-0.25, -0.2) is 8.42 Å². The SMILES string of the molecule is CCC1CN(CCCS(=O)(=O)CC)CCC1N. The largest absolute Gasteiger partial charge is 0.327 e. The van der Waals surface area contributed by atoms with Crippen molar-refractivity contribution in [1.82, 2.24) is 4.90 Å². The normalized spacial score (nSPS) is 27.2. The minimum absolute atomic E-state index is 0.259. The molecule has 1 aliphatic rings. The molecule has 1 heterocycles. The van der Waals surface area contributed by atoms with Crippen molar-refractivity contribution in [1.29, 1.82) is 0 Å². The molecule has 1 saturated heterocycles. The van der Waals surface area contributed by atoms with Gasteiger partial charge < -0.3 is 10.6 Å². The highest BCUT2D eigenvalue weighted by molar-refractivity contribution is 7.91. The van der Waals surface area contributed by atoms with Gasteiger partial charge in [0.2, 0.25) is 0 Å². The lowest BCUT2D eigenvalue weighted by Gasteiger charge is -2.36. The Morgan fingerprint density at radius 1 is 1.35 bits per heavy atom. The van der Waals surface area contributed by atoms with Crippen LogP contribution in [-0.2, 0) is 9.84 Å². The highest BCUT2D eigenvalue weighted by Gasteiger charge is 2.24. The van der Waals surface area contributed by atoms with Crippen molar-refractivity contribution >= 4 is 9.84 Å². The molecule has 0 radical (unpaired) electrons. The van der Waals surface area contributed by atoms with Gasteiger partial charge in [-0.1, -0.05) is 20.3 Å². The lowest BCUT2D eigenvalue weighted by Crippen LogP contribution is -2.47. The second-order valence-electron chi connectivity index (χ2n) is 5.01. The molecule has 0 aromatic rings. The lowest BCUT2D eigenvalue weighted by molar-refractivity contribution is 0.152. The highest BCUT2D eigenvalue weighted by Crippen LogP contribution is 2.18. The van der Waals surface area contributed by atoms with Crippen LogP contribution in [0.3, 0.4) is 0 Å². The van der Waals surface area contributed by atoms with E-state index in [9.17, 15) is 8.42 Å². The minimum Gasteiger partial charge on any atom is -0.327 e. The predicted molar refractivity (Wildman–Crippen MR) is 71.8 cm³/mol. The highest BCUT2D eigenvalue weighted by atomic mass is 32.2. The van der Waals surface area contributed by atoms with Crippen molar-refractivity contribution in [2.75, 3.05) is 31.1 Å². The third-order valence-corrected chi connectivity index (χ3v) is 5.56. The molecular formula is C12H26N2O2S. The van der Waals surface area contributed by atoms with E-state index < -0.39 is 9.84 Å². The molecule has 2 atom stereocenters. The van der Waals surface area contributed by atoms with Crippen LogP contribution in [-0.4, -0.2) is 50.5 Å². The van der Waals surface area contributed by atoms with E-state index in [0.717, 1.165) is 38.9 Å². The Morgan fingerprint density at radius 2 is 2.06 bits per heavy atom. The molecule has 1 fully saturated rings. The van der Waals surface area contributed by atoms with Crippen LogP contribution in [0.25, 0.3) is 0 Å². The van der Waals surface area contributed by atoms with Gasteiger partial charge in [-0.05, 0) is 31.8 Å². The van der Waals surface area contributed by atoms with E-state index in [1.807, 2.05) is 0 Å². The zero-order valence-corrected chi connectivity index (χ0v) is 11.9. The number of nitrogens with zero attached hydrogens (tertiary/aromatic N) is 1. The molecule has 1 rings (SSSR count). The minimum atomic E-state index is -2.80. The number of rotatable bonds is 6. The van der Waals surface area contributed by atoms with Crippen LogP contribution in [0.1, 0.15) is 33.1 Å². The number of hydrogen-bond acceptors (Lipinski definition) is 4. The van der Waals surface area contributed by atoms with Crippen molar-refractivity contribution in [3.8, 4) is 0 Å². The molecule has 0 saturated carbocycles. The smallest absolute Gasteiger partial charge is 0.150 e. The first-order chi connectivity index (χ1) is 7.98. The number of hydrogen-bond donors (Lipinski definition) is 1. The van der Waals surface area contributed by atoms with Crippen molar-refractivity contribution in [2.24, 2.45) is 11.7 Å². The van der Waals surface area contributed by atoms with Gasteiger partial charge in [0.15, 0.2) is 0 Å². The summed E-state index contributed by atoms with van der Waals surface area (Å²) in [5.74, 6) is 1.16. The van der Waals surface area contributed by atoms with Gasteiger partial charge in [-0.2, -0.15) is 0 Å². The summed E-state index contributed by atoms with van der Waals surface area (Å²) < 4.78 is 22.8. The fourth-order valence-electron chi connectivity index (χ4n) is 2.41. The van der Waals surface area contributed by atoms with Gasteiger partial charge in [-0.3, -0.25) is 0 Å². The van der Waals surface area contributed by atoms with Crippen molar-refractivity contribution in [2.45, 2.75) is 39.2 Å². The quantitative estimate of drug-likeness (QED) is 0.771. The molecular weight excluding hydrogens is 236 g/mol. The third kappa shape index (κ3) is 4.94. The molecule has 0 aromatic heterocycles. The van der Waals surface area contributed by atoms with Gasteiger partial charge in [0.05, 0.1) is 5.75 Å². The summed E-state index contributed by atoms with van der Waals surface area (Å²) in [6, 6.07) is 0.329. The van der Waals surface area contributed by atoms with E-state index in [1.165, 1.54) is 0 Å². The van der Waals surface area contributed by atoms with Crippen molar-refractivity contribution in [3.63, 3.8) is 0 Å². The second kappa shape index (κ2) is 6.71. The Bertz CT molecular complexity index is 316. The molecule has 0 aromatic carbocycles. The molecule has 2 unspecified atom stereocenters. The maximum absolute atomic E-state index is 11.4. The molecule has 4 nitrogen and oxygen atoms in total. The average molecular weight is 262 g/mol. The molecule has 0 amide bonds. The number of piperidine rings is 1. The van der Waals surface area contributed by atoms with Crippen LogP contribution in [0.5, 0.6) is 0 Å². The fraction of sp³-hybridized carbons (Fsp3) is 1.00. The third-order valence-electron chi connectivity index (χ3n) is 3.77. The standard InChI is InChI=1S/C12H26N2O2S/c1-3-11-10-14(8-6-12(11)13)7-5-9-17(15,16)4-2/h11-12H,3-10,13H2,1-2H3. The summed E-state index contributed by atoms with van der Waals surface area (Å²) in [5.41, 5.74) is 6.05. The summed E-state index contributed by atoms with van der Waals surface area (Å²) in [5, 5.41) is 0. The second-order valence-corrected chi connectivity index (χ2v) is 7.48. The van der Waals surface area contributed by atoms with E-state index in [0.29, 0.717) is 17.7 Å². The van der Waals surface area contributed by atoms with Crippen LogP contribution in [0.15, 0.2) is 0 Å². The Morgan fingerprint density at radius 3 is 2.65 bits per heavy atom. The van der Waals surface area contributed by atoms with E-state index in [2.05, 4.69) is 11.8 Å². The van der Waals surface area contributed by atoms with Crippen molar-refractivity contribution < 1.29 is 8.42 Å². The first kappa shape index (κ1) is 14.9. The maximum atomic E-state index is 11.4. The van der Waals surface area contributed by atoms with Gasteiger partial charge >= 0.3 is 0 Å². The summed E-state index contributed by atoms with van der Waals surface area (Å²) in [6.07, 6.45) is 2.91. The summed E-state index contributed by atoms with van der Waals surface area (Å²) >= 11 is 0. The summed E-state index contributed by atoms with van der Waals surface area (Å²) in [7, 11) is -2.80. The fourth-order valence-corrected chi connectivity index (χ4v) is 3.27. The average Bonchev–Trinajstić information content (AvgIpc) is 2.31. The van der Waals surface area contributed by atoms with Crippen LogP contribution in [0.2, 0.25) is 0 Å². The predicted octanol–water partition coefficient (Wildman–Crippen LogP) is 0.870. The number of likely N-dealkylation sites (tertiary alicyclic amines) is 1. The summed E-state index contributed by atoms with van der Waals surface area (Å²) in [4.78, 5) is 2.36. The van der Waals surface area contributed by atoms with Crippen LogP contribution in [0, 0.1) is 5.92 Å². The summed E-state index contributed by atoms with van der Waals surface area (Å²) in [6.45, 7) is 6.83. The molecule has 0 aliphatic carbocycles. The first-order valence-corrected chi connectivity index (χ1v) is 8.49. The number of nitrogens with two attached hydrogens (primary N) is 1. The van der Waals surface area contributed by atoms with E-state index in [1.54, 1.807) is 6.92 Å². The van der Waals surface area contributed by atoms with Gasteiger partial charge in [0.25, 0.3) is 0 Å². The van der Waals surface area contributed by atoms with Gasteiger partial charge in [0.1, 0.15) is 9.84 Å². The molecule has 2 N–H and O–H groups in total. The van der Waals surface area contributed by atoms with Crippen LogP contribution in [0.4, 0.5) is 0 Å². The van der Waals surface area contributed by atoms with Crippen molar-refractivity contribution in [3.05, 3.63) is 0 Å². The topological polar surface area (TPSA) is 63.4 Å². The molecule has 5 heteroatoms. The van der Waals surface area contributed by atoms with Gasteiger partial charge in [-0.15, -0.1) is 0 Å². The molecule has 0 spiro atoms. The monoisotopic (exact) mass is 262 g/mol. The number of sulfone groups is 1. The van der Waals surface area contributed by atoms with Crippen LogP contribution >= 0.6 is 0 Å². The molecule has 0 bridgehead atoms. The Hall–Kier alpha value is -0.130. The molecule has 1 aliphatic heterocycles. The Balaban J connectivity index is 2.29. The van der Waals surface area contributed by atoms with E-state index in [-0.39, 0.29) is 5.75 Å².